The molecule has 0 bridgehead atoms. The van der Waals surface area contributed by atoms with Crippen LogP contribution in [0.15, 0.2) is 62.6 Å². The fraction of sp³-hybridized carbons (Fsp3) is 0.318. The Kier molecular flexibility index (Phi) is 5.99. The molecule has 4 rings (SSSR count). The lowest BCUT2D eigenvalue weighted by Gasteiger charge is -2.34. The van der Waals surface area contributed by atoms with Crippen LogP contribution in [0.5, 0.6) is 11.5 Å². The molecule has 0 atom stereocenters. The first-order chi connectivity index (χ1) is 14.9. The highest BCUT2D eigenvalue weighted by molar-refractivity contribution is 7.89. The van der Waals surface area contributed by atoms with Crippen LogP contribution in [-0.4, -0.2) is 58.0 Å². The molecule has 2 aromatic carbocycles. The lowest BCUT2D eigenvalue weighted by Crippen LogP contribution is -2.48. The summed E-state index contributed by atoms with van der Waals surface area (Å²) >= 11 is 0. The number of methoxy groups -OCH3 is 2. The molecule has 8 nitrogen and oxygen atoms in total. The molecule has 3 aromatic rings. The van der Waals surface area contributed by atoms with Crippen LogP contribution >= 0.6 is 0 Å². The highest BCUT2D eigenvalue weighted by Crippen LogP contribution is 2.28. The first kappa shape index (κ1) is 21.4. The van der Waals surface area contributed by atoms with Crippen LogP contribution in [-0.2, 0) is 16.6 Å². The van der Waals surface area contributed by atoms with Gasteiger partial charge in [-0.05, 0) is 42.0 Å². The summed E-state index contributed by atoms with van der Waals surface area (Å²) in [4.78, 5) is 13.7. The Hall–Kier alpha value is -2.88. The lowest BCUT2D eigenvalue weighted by atomic mass is 10.1. The molecule has 1 saturated heterocycles. The third-order valence-corrected chi connectivity index (χ3v) is 7.31. The largest absolute Gasteiger partial charge is 0.493 e. The van der Waals surface area contributed by atoms with E-state index in [1.807, 2.05) is 18.2 Å². The molecule has 9 heteroatoms. The SMILES string of the molecule is COc1ccc(CN2CCN(S(=O)(=O)c3ccc4oc(=O)ccc4c3)CC2)cc1OC. The summed E-state index contributed by atoms with van der Waals surface area (Å²) in [6.45, 7) is 2.74. The van der Waals surface area contributed by atoms with Gasteiger partial charge in [-0.3, -0.25) is 4.90 Å². The summed E-state index contributed by atoms with van der Waals surface area (Å²) in [5.41, 5.74) is 0.977. The van der Waals surface area contributed by atoms with E-state index >= 15 is 0 Å². The molecule has 0 aliphatic carbocycles. The van der Waals surface area contributed by atoms with Crippen molar-refractivity contribution in [2.75, 3.05) is 40.4 Å². The molecule has 1 aliphatic rings. The summed E-state index contributed by atoms with van der Waals surface area (Å²) in [7, 11) is -0.427. The monoisotopic (exact) mass is 444 g/mol. The number of benzene rings is 2. The number of ether oxygens (including phenoxy) is 2. The van der Waals surface area contributed by atoms with Crippen molar-refractivity contribution in [2.24, 2.45) is 0 Å². The molecule has 0 amide bonds. The van der Waals surface area contributed by atoms with Gasteiger partial charge >= 0.3 is 5.63 Å². The second kappa shape index (κ2) is 8.70. The predicted molar refractivity (Wildman–Crippen MR) is 116 cm³/mol. The summed E-state index contributed by atoms with van der Waals surface area (Å²) in [6.07, 6.45) is 0. The molecular weight excluding hydrogens is 420 g/mol. The van der Waals surface area contributed by atoms with Crippen molar-refractivity contribution in [3.63, 3.8) is 0 Å². The Morgan fingerprint density at radius 3 is 2.35 bits per heavy atom. The standard InChI is InChI=1S/C22H24N2O6S/c1-28-20-6-3-16(13-21(20)29-2)15-23-9-11-24(12-10-23)31(26,27)18-5-7-19-17(14-18)4-8-22(25)30-19/h3-8,13-14H,9-12,15H2,1-2H3. The molecule has 1 fully saturated rings. The number of rotatable bonds is 6. The van der Waals surface area contributed by atoms with Crippen molar-refractivity contribution in [2.45, 2.75) is 11.4 Å². The zero-order chi connectivity index (χ0) is 22.0. The lowest BCUT2D eigenvalue weighted by molar-refractivity contribution is 0.181. The molecular formula is C22H24N2O6S. The van der Waals surface area contributed by atoms with Crippen LogP contribution in [0.25, 0.3) is 11.0 Å². The maximum atomic E-state index is 13.1. The van der Waals surface area contributed by atoms with E-state index in [1.54, 1.807) is 26.4 Å². The highest BCUT2D eigenvalue weighted by atomic mass is 32.2. The number of hydrogen-bond acceptors (Lipinski definition) is 7. The summed E-state index contributed by atoms with van der Waals surface area (Å²) < 4.78 is 43.4. The van der Waals surface area contributed by atoms with E-state index in [0.717, 1.165) is 5.56 Å². The van der Waals surface area contributed by atoms with Gasteiger partial charge in [-0.15, -0.1) is 0 Å². The minimum absolute atomic E-state index is 0.196. The van der Waals surface area contributed by atoms with Crippen molar-refractivity contribution in [1.82, 2.24) is 9.21 Å². The van der Waals surface area contributed by atoms with Gasteiger partial charge in [-0.1, -0.05) is 6.07 Å². The number of fused-ring (bicyclic) bond motifs is 1. The van der Waals surface area contributed by atoms with Crippen molar-refractivity contribution < 1.29 is 22.3 Å². The Balaban J connectivity index is 1.44. The molecule has 0 unspecified atom stereocenters. The van der Waals surface area contributed by atoms with Gasteiger partial charge in [0.15, 0.2) is 11.5 Å². The van der Waals surface area contributed by atoms with E-state index in [-0.39, 0.29) is 4.90 Å². The van der Waals surface area contributed by atoms with E-state index in [1.165, 1.54) is 22.5 Å². The van der Waals surface area contributed by atoms with Crippen molar-refractivity contribution in [1.29, 1.82) is 0 Å². The number of piperazine rings is 1. The zero-order valence-electron chi connectivity index (χ0n) is 17.4. The van der Waals surface area contributed by atoms with Gasteiger partial charge in [-0.25, -0.2) is 13.2 Å². The van der Waals surface area contributed by atoms with Crippen LogP contribution in [0.3, 0.4) is 0 Å². The first-order valence-electron chi connectivity index (χ1n) is 9.88. The number of sulfonamides is 1. The van der Waals surface area contributed by atoms with Crippen molar-refractivity contribution in [3.05, 3.63) is 64.5 Å². The Morgan fingerprint density at radius 1 is 0.903 bits per heavy atom. The smallest absolute Gasteiger partial charge is 0.336 e. The van der Waals surface area contributed by atoms with E-state index in [4.69, 9.17) is 13.9 Å². The highest BCUT2D eigenvalue weighted by Gasteiger charge is 2.28. The summed E-state index contributed by atoms with van der Waals surface area (Å²) in [5, 5.41) is 0.577. The van der Waals surface area contributed by atoms with Crippen LogP contribution in [0, 0.1) is 0 Å². The second-order valence-corrected chi connectivity index (χ2v) is 9.26. The topological polar surface area (TPSA) is 89.3 Å². The number of hydrogen-bond donors (Lipinski definition) is 0. The van der Waals surface area contributed by atoms with E-state index in [2.05, 4.69) is 4.90 Å². The predicted octanol–water partition coefficient (Wildman–Crippen LogP) is 2.32. The van der Waals surface area contributed by atoms with Crippen LogP contribution in [0.2, 0.25) is 0 Å². The van der Waals surface area contributed by atoms with Gasteiger partial charge in [-0.2, -0.15) is 4.31 Å². The molecule has 0 spiro atoms. The minimum atomic E-state index is -3.63. The Bertz CT molecular complexity index is 1250. The zero-order valence-corrected chi connectivity index (χ0v) is 18.2. The van der Waals surface area contributed by atoms with Gasteiger partial charge in [0, 0.05) is 44.2 Å². The van der Waals surface area contributed by atoms with Crippen molar-refractivity contribution in [3.8, 4) is 11.5 Å². The molecule has 0 radical (unpaired) electrons. The third-order valence-electron chi connectivity index (χ3n) is 5.41. The van der Waals surface area contributed by atoms with Gasteiger partial charge in [0.25, 0.3) is 0 Å². The van der Waals surface area contributed by atoms with E-state index < -0.39 is 15.6 Å². The van der Waals surface area contributed by atoms with E-state index in [9.17, 15) is 13.2 Å². The van der Waals surface area contributed by atoms with Gasteiger partial charge in [0.05, 0.1) is 19.1 Å². The molecule has 164 valence electrons. The first-order valence-corrected chi connectivity index (χ1v) is 11.3. The van der Waals surface area contributed by atoms with Gasteiger partial charge in [0.1, 0.15) is 5.58 Å². The molecule has 0 saturated carbocycles. The Morgan fingerprint density at radius 2 is 1.65 bits per heavy atom. The van der Waals surface area contributed by atoms with Gasteiger partial charge in [0.2, 0.25) is 10.0 Å². The molecule has 31 heavy (non-hydrogen) atoms. The fourth-order valence-electron chi connectivity index (χ4n) is 3.72. The molecule has 1 aliphatic heterocycles. The minimum Gasteiger partial charge on any atom is -0.493 e. The second-order valence-electron chi connectivity index (χ2n) is 7.32. The summed E-state index contributed by atoms with van der Waals surface area (Å²) in [6, 6.07) is 13.2. The van der Waals surface area contributed by atoms with Gasteiger partial charge < -0.3 is 13.9 Å². The molecule has 1 aromatic heterocycles. The maximum absolute atomic E-state index is 13.1. The van der Waals surface area contributed by atoms with Crippen molar-refractivity contribution >= 4 is 21.0 Å². The van der Waals surface area contributed by atoms with Crippen LogP contribution < -0.4 is 15.1 Å². The Labute approximate surface area is 180 Å². The quantitative estimate of drug-likeness (QED) is 0.539. The molecule has 2 heterocycles. The normalized spacial score (nSPS) is 15.8. The molecule has 0 N–H and O–H groups in total. The van der Waals surface area contributed by atoms with Crippen LogP contribution in [0.4, 0.5) is 0 Å². The average Bonchev–Trinajstić information content (AvgIpc) is 2.79. The average molecular weight is 445 g/mol. The maximum Gasteiger partial charge on any atom is 0.336 e. The van der Waals surface area contributed by atoms with Crippen LogP contribution in [0.1, 0.15) is 5.56 Å². The number of nitrogens with zero attached hydrogens (tertiary/aromatic N) is 2. The van der Waals surface area contributed by atoms with E-state index in [0.29, 0.717) is 55.2 Å². The fourth-order valence-corrected chi connectivity index (χ4v) is 5.18. The third kappa shape index (κ3) is 4.43. The summed E-state index contributed by atoms with van der Waals surface area (Å²) in [5.74, 6) is 1.35.